The zero-order chi connectivity index (χ0) is 38.5. The lowest BCUT2D eigenvalue weighted by molar-refractivity contribution is -0.136. The van der Waals surface area contributed by atoms with Crippen molar-refractivity contribution in [2.24, 2.45) is 0 Å². The minimum Gasteiger partial charge on any atom is -0.375 e. The zero-order valence-corrected chi connectivity index (χ0v) is 30.2. The molecular formula is C40H37FN10O5. The molecule has 5 amide bonds. The summed E-state index contributed by atoms with van der Waals surface area (Å²) in [6.07, 6.45) is 3.72. The van der Waals surface area contributed by atoms with Crippen LogP contribution in [-0.4, -0.2) is 104 Å². The number of aromatic nitrogens is 4. The van der Waals surface area contributed by atoms with Crippen molar-refractivity contribution in [2.45, 2.75) is 37.8 Å². The lowest BCUT2D eigenvalue weighted by Gasteiger charge is -2.35. The van der Waals surface area contributed by atoms with E-state index in [0.29, 0.717) is 43.2 Å². The van der Waals surface area contributed by atoms with E-state index < -0.39 is 29.7 Å². The SMILES string of the molecule is O=C1CCC(N2C(=O)c3cccc(NCC(=O)N4CCN(c5cccc(-c6cnc7ccc(N8CCCC8c8cccc(F)c8)nn67)n5)CC4)c3C2=O)C(=O)N1. The highest BCUT2D eigenvalue weighted by Crippen LogP contribution is 2.36. The average molecular weight is 757 g/mol. The fourth-order valence-electron chi connectivity index (χ4n) is 8.16. The third-order valence-electron chi connectivity index (χ3n) is 11.0. The van der Waals surface area contributed by atoms with Crippen LogP contribution in [-0.2, 0) is 14.4 Å². The van der Waals surface area contributed by atoms with Gasteiger partial charge in [-0.3, -0.25) is 34.2 Å². The lowest BCUT2D eigenvalue weighted by Crippen LogP contribution is -2.54. The number of anilines is 3. The summed E-state index contributed by atoms with van der Waals surface area (Å²) >= 11 is 0. The second kappa shape index (κ2) is 14.2. The molecule has 3 aromatic heterocycles. The van der Waals surface area contributed by atoms with Crippen LogP contribution >= 0.6 is 0 Å². The average Bonchev–Trinajstić information content (AvgIpc) is 3.94. The molecule has 0 spiro atoms. The number of amides is 5. The van der Waals surface area contributed by atoms with Gasteiger partial charge in [0.2, 0.25) is 17.7 Å². The number of piperidine rings is 1. The molecule has 2 N–H and O–H groups in total. The molecule has 56 heavy (non-hydrogen) atoms. The molecule has 3 fully saturated rings. The Bertz CT molecular complexity index is 2430. The number of pyridine rings is 1. The second-order valence-corrected chi connectivity index (χ2v) is 14.3. The quantitative estimate of drug-likeness (QED) is 0.223. The molecule has 5 aromatic rings. The van der Waals surface area contributed by atoms with Crippen molar-refractivity contribution in [3.8, 4) is 11.4 Å². The number of imidazole rings is 1. The van der Waals surface area contributed by atoms with E-state index in [1.54, 1.807) is 39.9 Å². The Labute approximate surface area is 320 Å². The first-order valence-electron chi connectivity index (χ1n) is 18.7. The van der Waals surface area contributed by atoms with Gasteiger partial charge in [-0.25, -0.2) is 18.9 Å². The van der Waals surface area contributed by atoms with Crippen molar-refractivity contribution < 1.29 is 28.4 Å². The Morgan fingerprint density at radius 3 is 2.50 bits per heavy atom. The van der Waals surface area contributed by atoms with Crippen LogP contribution in [0, 0.1) is 5.82 Å². The van der Waals surface area contributed by atoms with Gasteiger partial charge in [-0.1, -0.05) is 24.3 Å². The Morgan fingerprint density at radius 1 is 0.857 bits per heavy atom. The van der Waals surface area contributed by atoms with Crippen LogP contribution < -0.4 is 20.4 Å². The second-order valence-electron chi connectivity index (χ2n) is 14.3. The Balaban J connectivity index is 0.849. The minimum absolute atomic E-state index is 0.0251. The van der Waals surface area contributed by atoms with Crippen molar-refractivity contribution in [2.75, 3.05) is 54.4 Å². The Kier molecular flexibility index (Phi) is 8.86. The van der Waals surface area contributed by atoms with Crippen LogP contribution in [0.2, 0.25) is 0 Å². The van der Waals surface area contributed by atoms with E-state index >= 15 is 0 Å². The molecule has 0 bridgehead atoms. The van der Waals surface area contributed by atoms with Crippen molar-refractivity contribution in [1.29, 1.82) is 0 Å². The number of piperazine rings is 1. The fourth-order valence-corrected chi connectivity index (χ4v) is 8.16. The summed E-state index contributed by atoms with van der Waals surface area (Å²) < 4.78 is 15.9. The molecule has 0 saturated carbocycles. The topological polar surface area (TPSA) is 165 Å². The van der Waals surface area contributed by atoms with Gasteiger partial charge >= 0.3 is 0 Å². The predicted molar refractivity (Wildman–Crippen MR) is 202 cm³/mol. The summed E-state index contributed by atoms with van der Waals surface area (Å²) in [6.45, 7) is 2.69. The van der Waals surface area contributed by atoms with E-state index in [4.69, 9.17) is 10.1 Å². The maximum absolute atomic E-state index is 14.1. The van der Waals surface area contributed by atoms with Gasteiger partial charge in [-0.2, -0.15) is 0 Å². The van der Waals surface area contributed by atoms with Gasteiger partial charge in [-0.05, 0) is 73.4 Å². The largest absolute Gasteiger partial charge is 0.375 e. The first-order valence-corrected chi connectivity index (χ1v) is 18.7. The van der Waals surface area contributed by atoms with Crippen molar-refractivity contribution >= 4 is 52.5 Å². The molecule has 284 valence electrons. The molecule has 2 atom stereocenters. The number of benzene rings is 2. The van der Waals surface area contributed by atoms with E-state index in [9.17, 15) is 28.4 Å². The summed E-state index contributed by atoms with van der Waals surface area (Å²) in [4.78, 5) is 80.7. The third kappa shape index (κ3) is 6.25. The van der Waals surface area contributed by atoms with Gasteiger partial charge in [0.1, 0.15) is 29.2 Å². The predicted octanol–water partition coefficient (Wildman–Crippen LogP) is 3.43. The molecule has 3 saturated heterocycles. The summed E-state index contributed by atoms with van der Waals surface area (Å²) in [7, 11) is 0. The van der Waals surface area contributed by atoms with E-state index in [-0.39, 0.29) is 48.3 Å². The molecule has 2 aromatic carbocycles. The summed E-state index contributed by atoms with van der Waals surface area (Å²) in [6, 6.07) is 20.1. The molecule has 16 heteroatoms. The van der Waals surface area contributed by atoms with Gasteiger partial charge < -0.3 is 20.0 Å². The van der Waals surface area contributed by atoms with Crippen molar-refractivity contribution in [3.63, 3.8) is 0 Å². The monoisotopic (exact) mass is 756 g/mol. The zero-order valence-electron chi connectivity index (χ0n) is 30.2. The van der Waals surface area contributed by atoms with Crippen LogP contribution in [0.5, 0.6) is 0 Å². The van der Waals surface area contributed by atoms with Gasteiger partial charge in [0.25, 0.3) is 11.8 Å². The van der Waals surface area contributed by atoms with Crippen LogP contribution in [0.4, 0.5) is 21.7 Å². The molecule has 0 radical (unpaired) electrons. The molecule has 0 aliphatic carbocycles. The fraction of sp³-hybridized carbons (Fsp3) is 0.300. The van der Waals surface area contributed by atoms with Crippen LogP contribution in [0.1, 0.15) is 58.0 Å². The number of carbonyl (C=O) groups is 5. The van der Waals surface area contributed by atoms with E-state index in [1.807, 2.05) is 36.4 Å². The maximum atomic E-state index is 14.1. The summed E-state index contributed by atoms with van der Waals surface area (Å²) in [5, 5.41) is 10.2. The smallest absolute Gasteiger partial charge is 0.264 e. The van der Waals surface area contributed by atoms with E-state index in [2.05, 4.69) is 25.4 Å². The first kappa shape index (κ1) is 35.0. The van der Waals surface area contributed by atoms with Gasteiger partial charge in [0.05, 0.1) is 35.6 Å². The molecule has 9 rings (SSSR count). The van der Waals surface area contributed by atoms with Crippen molar-refractivity contribution in [1.82, 2.24) is 34.7 Å². The van der Waals surface area contributed by atoms with Crippen molar-refractivity contribution in [3.05, 3.63) is 102 Å². The molecule has 2 unspecified atom stereocenters. The first-order chi connectivity index (χ1) is 27.2. The highest BCUT2D eigenvalue weighted by Gasteiger charge is 2.45. The van der Waals surface area contributed by atoms with Crippen LogP contribution in [0.25, 0.3) is 17.0 Å². The summed E-state index contributed by atoms with van der Waals surface area (Å²) in [5.41, 5.74) is 3.61. The van der Waals surface area contributed by atoms with Gasteiger partial charge in [0, 0.05) is 44.8 Å². The minimum atomic E-state index is -1.08. The number of rotatable bonds is 8. The molecular weight excluding hydrogens is 720 g/mol. The summed E-state index contributed by atoms with van der Waals surface area (Å²) in [5.74, 6) is -1.26. The highest BCUT2D eigenvalue weighted by atomic mass is 19.1. The number of halogens is 1. The number of carbonyl (C=O) groups excluding carboxylic acids is 5. The van der Waals surface area contributed by atoms with Crippen LogP contribution in [0.15, 0.2) is 79.0 Å². The standard InChI is InChI=1S/C40H37FN10O5/c41-25-6-1-5-24(21-25)29-10-4-16-49(29)34-14-13-32-43-22-31(51(32)46-34)27-8-3-11-33(44-27)47-17-19-48(20-18-47)36(53)23-42-28-9-2-7-26-37(28)40(56)50(39(26)55)30-12-15-35(52)45-38(30)54/h1-3,5-9,11,13-14,21-22,29-30,42H,4,10,12,15-20,23H2,(H,45,52,54). The molecule has 4 aliphatic rings. The number of nitrogens with one attached hydrogen (secondary N) is 2. The molecule has 7 heterocycles. The van der Waals surface area contributed by atoms with Gasteiger partial charge in [-0.15, -0.1) is 5.10 Å². The third-order valence-corrected chi connectivity index (χ3v) is 11.0. The number of nitrogens with zero attached hydrogens (tertiary/aromatic N) is 8. The number of fused-ring (bicyclic) bond motifs is 2. The lowest BCUT2D eigenvalue weighted by atomic mass is 10.0. The van der Waals surface area contributed by atoms with E-state index in [0.717, 1.165) is 47.2 Å². The maximum Gasteiger partial charge on any atom is 0.264 e. The Hall–Kier alpha value is -6.71. The van der Waals surface area contributed by atoms with Crippen LogP contribution in [0.3, 0.4) is 0 Å². The normalized spacial score (nSPS) is 19.9. The Morgan fingerprint density at radius 2 is 1.68 bits per heavy atom. The molecule has 15 nitrogen and oxygen atoms in total. The number of imide groups is 2. The molecule has 4 aliphatic heterocycles. The highest BCUT2D eigenvalue weighted by molar-refractivity contribution is 6.25. The van der Waals surface area contributed by atoms with E-state index in [1.165, 1.54) is 12.1 Å². The van der Waals surface area contributed by atoms with Gasteiger partial charge in [0.15, 0.2) is 5.65 Å². The number of hydrogen-bond donors (Lipinski definition) is 2. The number of hydrogen-bond acceptors (Lipinski definition) is 11.